The van der Waals surface area contributed by atoms with E-state index in [0.29, 0.717) is 37.1 Å². The summed E-state index contributed by atoms with van der Waals surface area (Å²) in [6.07, 6.45) is 40.5. The molecular formula is C73H104O8. The average molecular weight is 1110 g/mol. The van der Waals surface area contributed by atoms with E-state index in [9.17, 15) is 4.79 Å². The van der Waals surface area contributed by atoms with Crippen molar-refractivity contribution in [3.63, 3.8) is 0 Å². The maximum Gasteiger partial charge on any atom is 0.338 e. The fraction of sp³-hybridized carbons (Fsp3) is 0.548. The van der Waals surface area contributed by atoms with Crippen molar-refractivity contribution in [1.29, 1.82) is 0 Å². The van der Waals surface area contributed by atoms with E-state index in [4.69, 9.17) is 33.2 Å². The van der Waals surface area contributed by atoms with Crippen LogP contribution in [0.3, 0.4) is 0 Å². The molecule has 0 aliphatic heterocycles. The molecule has 5 aromatic rings. The zero-order chi connectivity index (χ0) is 57.1. The maximum absolute atomic E-state index is 14.0. The summed E-state index contributed by atoms with van der Waals surface area (Å²) < 4.78 is 44.3. The molecular weight excluding hydrogens is 1000 g/mol. The molecule has 0 spiro atoms. The van der Waals surface area contributed by atoms with Crippen LogP contribution in [-0.2, 0) is 31.2 Å². The summed E-state index contributed by atoms with van der Waals surface area (Å²) in [4.78, 5) is 14.0. The molecule has 0 unspecified atom stereocenters. The minimum atomic E-state index is -0.509. The van der Waals surface area contributed by atoms with Crippen molar-refractivity contribution in [3.05, 3.63) is 149 Å². The van der Waals surface area contributed by atoms with Crippen LogP contribution in [0.25, 0.3) is 6.08 Å². The number of unbranched alkanes of at least 4 members (excludes halogenated alkanes) is 27. The third-order valence-corrected chi connectivity index (χ3v) is 15.1. The Morgan fingerprint density at radius 1 is 0.346 bits per heavy atom. The summed E-state index contributed by atoms with van der Waals surface area (Å²) in [6, 6.07) is 35.3. The lowest BCUT2D eigenvalue weighted by Crippen LogP contribution is -2.09. The smallest absolute Gasteiger partial charge is 0.338 e. The van der Waals surface area contributed by atoms with Gasteiger partial charge in [0.25, 0.3) is 0 Å². The lowest BCUT2D eigenvalue weighted by molar-refractivity contribution is 0.0471. The van der Waals surface area contributed by atoms with E-state index in [1.807, 2.05) is 97.1 Å². The summed E-state index contributed by atoms with van der Waals surface area (Å²) in [5.74, 6) is 3.12. The molecule has 0 aliphatic carbocycles. The molecule has 0 atom stereocenters. The Morgan fingerprint density at radius 2 is 0.630 bits per heavy atom. The fourth-order valence-electron chi connectivity index (χ4n) is 9.90. The summed E-state index contributed by atoms with van der Waals surface area (Å²) >= 11 is 0. The molecule has 0 N–H and O–H groups in total. The third-order valence-electron chi connectivity index (χ3n) is 15.1. The number of benzene rings is 5. The molecule has 0 amide bonds. The van der Waals surface area contributed by atoms with Gasteiger partial charge in [0.15, 0.2) is 11.5 Å². The Morgan fingerprint density at radius 3 is 0.951 bits per heavy atom. The van der Waals surface area contributed by atoms with Gasteiger partial charge in [-0.1, -0.05) is 267 Å². The first-order chi connectivity index (χ1) is 40.0. The Hall–Kier alpha value is -5.89. The van der Waals surface area contributed by atoms with Crippen molar-refractivity contribution >= 4 is 12.0 Å². The largest absolute Gasteiger partial charge is 0.494 e. The van der Waals surface area contributed by atoms with Gasteiger partial charge in [0.1, 0.15) is 43.7 Å². The minimum Gasteiger partial charge on any atom is -0.494 e. The van der Waals surface area contributed by atoms with Crippen molar-refractivity contribution in [2.24, 2.45) is 0 Å². The molecule has 0 radical (unpaired) electrons. The first kappa shape index (κ1) is 65.9. The van der Waals surface area contributed by atoms with Crippen LogP contribution in [0, 0.1) is 0 Å². The second kappa shape index (κ2) is 42.9. The van der Waals surface area contributed by atoms with Crippen LogP contribution in [0.1, 0.15) is 252 Å². The van der Waals surface area contributed by atoms with E-state index in [1.54, 1.807) is 18.2 Å². The van der Waals surface area contributed by atoms with E-state index in [0.717, 1.165) is 64.3 Å². The summed E-state index contributed by atoms with van der Waals surface area (Å²) in [5.41, 5.74) is 4.97. The number of carbonyl (C=O) groups is 1. The van der Waals surface area contributed by atoms with Crippen molar-refractivity contribution in [2.45, 2.75) is 240 Å². The number of carbonyl (C=O) groups excluding carboxylic acids is 1. The van der Waals surface area contributed by atoms with Crippen LogP contribution in [0.5, 0.6) is 34.5 Å². The lowest BCUT2D eigenvalue weighted by Gasteiger charge is -2.19. The second-order valence-electron chi connectivity index (χ2n) is 22.2. The number of hydrogen-bond acceptors (Lipinski definition) is 8. The highest BCUT2D eigenvalue weighted by Crippen LogP contribution is 2.41. The van der Waals surface area contributed by atoms with Gasteiger partial charge in [0, 0.05) is 0 Å². The van der Waals surface area contributed by atoms with Crippen LogP contribution in [0.15, 0.2) is 116 Å². The molecule has 0 bridgehead atoms. The van der Waals surface area contributed by atoms with E-state index in [-0.39, 0.29) is 32.0 Å². The summed E-state index contributed by atoms with van der Waals surface area (Å²) in [7, 11) is 0. The van der Waals surface area contributed by atoms with E-state index < -0.39 is 5.97 Å². The highest BCUT2D eigenvalue weighted by molar-refractivity contribution is 5.91. The van der Waals surface area contributed by atoms with Crippen molar-refractivity contribution < 1.29 is 38.0 Å². The van der Waals surface area contributed by atoms with Crippen LogP contribution < -0.4 is 28.4 Å². The molecule has 0 saturated heterocycles. The Kier molecular flexibility index (Phi) is 34.9. The molecule has 0 heterocycles. The van der Waals surface area contributed by atoms with Crippen molar-refractivity contribution in [3.8, 4) is 34.5 Å². The Bertz CT molecular complexity index is 2260. The molecule has 81 heavy (non-hydrogen) atoms. The molecule has 444 valence electrons. The molecule has 8 heteroatoms. The molecule has 5 rings (SSSR count). The van der Waals surface area contributed by atoms with Gasteiger partial charge in [-0.2, -0.15) is 0 Å². The second-order valence-corrected chi connectivity index (χ2v) is 22.2. The first-order valence-corrected chi connectivity index (χ1v) is 32.1. The van der Waals surface area contributed by atoms with Crippen LogP contribution in [0.2, 0.25) is 0 Å². The van der Waals surface area contributed by atoms with E-state index in [2.05, 4.69) is 27.4 Å². The third kappa shape index (κ3) is 29.1. The number of esters is 1. The highest BCUT2D eigenvalue weighted by Gasteiger charge is 2.21. The zero-order valence-corrected chi connectivity index (χ0v) is 50.6. The standard InChI is InChI=1S/C73H104O8/c1-5-9-12-15-18-21-24-27-30-33-52-75-67-46-40-63(41-47-67)57-78-70-55-66(73(74)81-60-62-38-36-61(8-4)37-39-62)56-71(79-58-64-42-48-68(49-43-64)76-53-34-31-28-25-22-19-16-13-10-6-2)72(70)80-59-65-44-50-69(51-45-65)77-54-35-32-29-26-23-20-17-14-11-7-3/h8,36-51,55-56H,4-7,9-35,52-54,57-60H2,1-3H3. The Labute approximate surface area is 491 Å². The van der Waals surface area contributed by atoms with Crippen LogP contribution in [0.4, 0.5) is 0 Å². The minimum absolute atomic E-state index is 0.0983. The predicted octanol–water partition coefficient (Wildman–Crippen LogP) is 21.3. The monoisotopic (exact) mass is 1110 g/mol. The lowest BCUT2D eigenvalue weighted by atomic mass is 10.1. The van der Waals surface area contributed by atoms with Gasteiger partial charge in [-0.3, -0.25) is 0 Å². The normalized spacial score (nSPS) is 11.1. The summed E-state index contributed by atoms with van der Waals surface area (Å²) in [6.45, 7) is 13.5. The molecule has 0 aliphatic rings. The quantitative estimate of drug-likeness (QED) is 0.0281. The molecule has 0 fully saturated rings. The number of ether oxygens (including phenoxy) is 7. The topological polar surface area (TPSA) is 81.7 Å². The van der Waals surface area contributed by atoms with Gasteiger partial charge in [-0.25, -0.2) is 4.79 Å². The van der Waals surface area contributed by atoms with Gasteiger partial charge in [-0.15, -0.1) is 0 Å². The van der Waals surface area contributed by atoms with Gasteiger partial charge in [-0.05, 0) is 95.6 Å². The highest BCUT2D eigenvalue weighted by atomic mass is 16.5. The van der Waals surface area contributed by atoms with Crippen LogP contribution >= 0.6 is 0 Å². The van der Waals surface area contributed by atoms with Crippen LogP contribution in [-0.4, -0.2) is 25.8 Å². The van der Waals surface area contributed by atoms with Crippen molar-refractivity contribution in [1.82, 2.24) is 0 Å². The number of hydrogen-bond donors (Lipinski definition) is 0. The Balaban J connectivity index is 1.25. The first-order valence-electron chi connectivity index (χ1n) is 32.1. The molecule has 0 saturated carbocycles. The summed E-state index contributed by atoms with van der Waals surface area (Å²) in [5, 5.41) is 0. The average Bonchev–Trinajstić information content (AvgIpc) is 3.50. The number of rotatable bonds is 49. The fourth-order valence-corrected chi connectivity index (χ4v) is 9.90. The van der Waals surface area contributed by atoms with Gasteiger partial charge < -0.3 is 33.2 Å². The van der Waals surface area contributed by atoms with Crippen molar-refractivity contribution in [2.75, 3.05) is 19.8 Å². The zero-order valence-electron chi connectivity index (χ0n) is 50.6. The van der Waals surface area contributed by atoms with E-state index >= 15 is 0 Å². The van der Waals surface area contributed by atoms with Gasteiger partial charge >= 0.3 is 5.97 Å². The van der Waals surface area contributed by atoms with E-state index in [1.165, 1.54) is 173 Å². The molecule has 5 aromatic carbocycles. The van der Waals surface area contributed by atoms with Gasteiger partial charge in [0.05, 0.1) is 25.4 Å². The molecule has 8 nitrogen and oxygen atoms in total. The SMILES string of the molecule is C=Cc1ccc(COC(=O)c2cc(OCc3ccc(OCCCCCCCCCCCC)cc3)c(OCc3ccc(OCCCCCCCCCCCC)cc3)c(OCc3ccc(OCCCCCCCCCCCC)cc3)c2)cc1. The van der Waals surface area contributed by atoms with Gasteiger partial charge in [0.2, 0.25) is 5.75 Å². The molecule has 0 aromatic heterocycles. The maximum atomic E-state index is 14.0. The predicted molar refractivity (Wildman–Crippen MR) is 336 cm³/mol.